The molecule has 140 valence electrons. The molecule has 0 spiro atoms. The van der Waals surface area contributed by atoms with Gasteiger partial charge in [-0.05, 0) is 38.2 Å². The Kier molecular flexibility index (Phi) is 10.2. The number of guanidine groups is 1. The van der Waals surface area contributed by atoms with E-state index in [1.165, 1.54) is 0 Å². The summed E-state index contributed by atoms with van der Waals surface area (Å²) < 4.78 is 22.7. The summed E-state index contributed by atoms with van der Waals surface area (Å²) in [6, 6.07) is -0.235. The van der Waals surface area contributed by atoms with Crippen LogP contribution in [-0.2, 0) is 14.6 Å². The number of unbranched alkanes of at least 4 members (excludes halogenated alkanes) is 1. The number of nitrogens with zero attached hydrogens (tertiary/aromatic N) is 1. The number of hydrogen-bond acceptors (Lipinski definition) is 5. The van der Waals surface area contributed by atoms with Crippen molar-refractivity contribution in [3.63, 3.8) is 0 Å². The van der Waals surface area contributed by atoms with Crippen LogP contribution in [0.5, 0.6) is 0 Å². The quantitative estimate of drug-likeness (QED) is 0.289. The number of rotatable bonds is 10. The van der Waals surface area contributed by atoms with E-state index in [9.17, 15) is 13.2 Å². The minimum atomic E-state index is -2.96. The molecular formula is C15H30N4O3S2. The highest BCUT2D eigenvalue weighted by molar-refractivity contribution is 7.98. The molecule has 24 heavy (non-hydrogen) atoms. The molecule has 0 aromatic heterocycles. The van der Waals surface area contributed by atoms with E-state index in [2.05, 4.69) is 27.2 Å². The van der Waals surface area contributed by atoms with Crippen molar-refractivity contribution < 1.29 is 13.2 Å². The molecular weight excluding hydrogens is 348 g/mol. The van der Waals surface area contributed by atoms with E-state index >= 15 is 0 Å². The second kappa shape index (κ2) is 11.6. The molecule has 7 nitrogen and oxygen atoms in total. The monoisotopic (exact) mass is 378 g/mol. The number of amides is 1. The van der Waals surface area contributed by atoms with E-state index in [0.29, 0.717) is 19.4 Å². The second-order valence-electron chi connectivity index (χ2n) is 5.80. The van der Waals surface area contributed by atoms with Gasteiger partial charge in [0.05, 0.1) is 11.5 Å². The summed E-state index contributed by atoms with van der Waals surface area (Å²) in [5.74, 6) is 1.98. The molecule has 9 heteroatoms. The smallest absolute Gasteiger partial charge is 0.222 e. The first-order valence-corrected chi connectivity index (χ1v) is 11.7. The lowest BCUT2D eigenvalue weighted by atomic mass is 10.2. The SMILES string of the molecule is CCNC(=NCCCCSC)NCCC(=O)NC1CCS(=O)(=O)C1. The molecule has 0 aliphatic carbocycles. The van der Waals surface area contributed by atoms with Crippen molar-refractivity contribution >= 4 is 33.5 Å². The van der Waals surface area contributed by atoms with Gasteiger partial charge in [0.25, 0.3) is 0 Å². The van der Waals surface area contributed by atoms with Gasteiger partial charge < -0.3 is 16.0 Å². The van der Waals surface area contributed by atoms with Crippen LogP contribution in [-0.4, -0.2) is 69.5 Å². The zero-order valence-corrected chi connectivity index (χ0v) is 16.3. The maximum atomic E-state index is 11.9. The average Bonchev–Trinajstić information content (AvgIpc) is 2.85. The van der Waals surface area contributed by atoms with Gasteiger partial charge in [-0.25, -0.2) is 8.42 Å². The molecule has 1 atom stereocenters. The molecule has 1 aliphatic heterocycles. The van der Waals surface area contributed by atoms with Crippen LogP contribution in [0.4, 0.5) is 0 Å². The Balaban J connectivity index is 2.23. The van der Waals surface area contributed by atoms with Crippen molar-refractivity contribution in [2.24, 2.45) is 4.99 Å². The van der Waals surface area contributed by atoms with Crippen LogP contribution in [0.3, 0.4) is 0 Å². The van der Waals surface area contributed by atoms with Crippen molar-refractivity contribution in [2.45, 2.75) is 38.6 Å². The number of nitrogens with one attached hydrogen (secondary N) is 3. The molecule has 1 saturated heterocycles. The summed E-state index contributed by atoms with van der Waals surface area (Å²) in [7, 11) is -2.96. The number of thioether (sulfide) groups is 1. The van der Waals surface area contributed by atoms with Crippen molar-refractivity contribution in [3.05, 3.63) is 0 Å². The van der Waals surface area contributed by atoms with E-state index < -0.39 is 9.84 Å². The number of carbonyl (C=O) groups excluding carboxylic acids is 1. The third-order valence-corrected chi connectivity index (χ3v) is 6.08. The van der Waals surface area contributed by atoms with Crippen LogP contribution in [0.15, 0.2) is 4.99 Å². The lowest BCUT2D eigenvalue weighted by Crippen LogP contribution is -2.41. The number of aliphatic imine (C=N–C) groups is 1. The zero-order valence-electron chi connectivity index (χ0n) is 14.6. The van der Waals surface area contributed by atoms with E-state index in [4.69, 9.17) is 0 Å². The Morgan fingerprint density at radius 2 is 2.08 bits per heavy atom. The van der Waals surface area contributed by atoms with Crippen LogP contribution in [0, 0.1) is 0 Å². The van der Waals surface area contributed by atoms with Gasteiger partial charge in [0.15, 0.2) is 15.8 Å². The Hall–Kier alpha value is -0.960. The summed E-state index contributed by atoms with van der Waals surface area (Å²) in [5.41, 5.74) is 0. The van der Waals surface area contributed by atoms with E-state index in [1.807, 2.05) is 18.7 Å². The van der Waals surface area contributed by atoms with Crippen LogP contribution in [0.2, 0.25) is 0 Å². The fourth-order valence-electron chi connectivity index (χ4n) is 2.39. The Morgan fingerprint density at radius 1 is 1.29 bits per heavy atom. The molecule has 0 saturated carbocycles. The number of hydrogen-bond donors (Lipinski definition) is 3. The number of carbonyl (C=O) groups is 1. The molecule has 3 N–H and O–H groups in total. The van der Waals surface area contributed by atoms with Gasteiger partial charge in [-0.1, -0.05) is 0 Å². The van der Waals surface area contributed by atoms with Crippen molar-refractivity contribution in [2.75, 3.05) is 43.1 Å². The normalized spacial score (nSPS) is 19.9. The molecule has 0 aromatic carbocycles. The van der Waals surface area contributed by atoms with Gasteiger partial charge in [0, 0.05) is 32.1 Å². The molecule has 0 bridgehead atoms. The topological polar surface area (TPSA) is 99.7 Å². The first kappa shape index (κ1) is 21.1. The zero-order chi connectivity index (χ0) is 17.8. The fraction of sp³-hybridized carbons (Fsp3) is 0.867. The molecule has 1 rings (SSSR count). The van der Waals surface area contributed by atoms with E-state index in [1.54, 1.807) is 0 Å². The first-order valence-electron chi connectivity index (χ1n) is 8.47. The Morgan fingerprint density at radius 3 is 2.71 bits per heavy atom. The van der Waals surface area contributed by atoms with Gasteiger partial charge >= 0.3 is 0 Å². The summed E-state index contributed by atoms with van der Waals surface area (Å²) in [5, 5.41) is 9.08. The predicted molar refractivity (Wildman–Crippen MR) is 101 cm³/mol. The average molecular weight is 379 g/mol. The van der Waals surface area contributed by atoms with Crippen LogP contribution >= 0.6 is 11.8 Å². The molecule has 0 aromatic rings. The molecule has 1 fully saturated rings. The summed E-state index contributed by atoms with van der Waals surface area (Å²) in [4.78, 5) is 16.4. The van der Waals surface area contributed by atoms with Crippen LogP contribution < -0.4 is 16.0 Å². The van der Waals surface area contributed by atoms with Gasteiger partial charge in [0.2, 0.25) is 5.91 Å². The minimum Gasteiger partial charge on any atom is -0.357 e. The summed E-state index contributed by atoms with van der Waals surface area (Å²) >= 11 is 1.84. The summed E-state index contributed by atoms with van der Waals surface area (Å²) in [6.07, 6.45) is 5.11. The van der Waals surface area contributed by atoms with Crippen molar-refractivity contribution in [3.8, 4) is 0 Å². The van der Waals surface area contributed by atoms with Crippen LogP contribution in [0.1, 0.15) is 32.6 Å². The standard InChI is InChI=1S/C15H30N4O3S2/c1-3-16-15(17-8-4-5-10-23-2)18-9-6-14(20)19-13-7-11-24(21,22)12-13/h13H,3-12H2,1-2H3,(H,19,20)(H2,16,17,18). The number of sulfone groups is 1. The predicted octanol–water partition coefficient (Wildman–Crippen LogP) is 0.378. The van der Waals surface area contributed by atoms with Gasteiger partial charge in [-0.3, -0.25) is 9.79 Å². The lowest BCUT2D eigenvalue weighted by molar-refractivity contribution is -0.121. The largest absolute Gasteiger partial charge is 0.357 e. The molecule has 1 aliphatic rings. The van der Waals surface area contributed by atoms with E-state index in [0.717, 1.165) is 37.6 Å². The molecule has 1 heterocycles. The van der Waals surface area contributed by atoms with Crippen molar-refractivity contribution in [1.29, 1.82) is 0 Å². The third kappa shape index (κ3) is 9.36. The first-order chi connectivity index (χ1) is 11.5. The van der Waals surface area contributed by atoms with Gasteiger partial charge in [-0.2, -0.15) is 11.8 Å². The minimum absolute atomic E-state index is 0.0618. The second-order valence-corrected chi connectivity index (χ2v) is 9.02. The summed E-state index contributed by atoms with van der Waals surface area (Å²) in [6.45, 7) is 4.00. The highest BCUT2D eigenvalue weighted by atomic mass is 32.2. The molecule has 1 unspecified atom stereocenters. The Labute approximate surface area is 149 Å². The maximum absolute atomic E-state index is 11.9. The lowest BCUT2D eigenvalue weighted by Gasteiger charge is -2.13. The van der Waals surface area contributed by atoms with Gasteiger partial charge in [-0.15, -0.1) is 0 Å². The van der Waals surface area contributed by atoms with Crippen LogP contribution in [0.25, 0.3) is 0 Å². The fourth-order valence-corrected chi connectivity index (χ4v) is 4.56. The molecule has 1 amide bonds. The van der Waals surface area contributed by atoms with Gasteiger partial charge in [0.1, 0.15) is 0 Å². The third-order valence-electron chi connectivity index (χ3n) is 3.61. The Bertz CT molecular complexity index is 509. The highest BCUT2D eigenvalue weighted by Gasteiger charge is 2.28. The van der Waals surface area contributed by atoms with E-state index in [-0.39, 0.29) is 23.5 Å². The maximum Gasteiger partial charge on any atom is 0.222 e. The highest BCUT2D eigenvalue weighted by Crippen LogP contribution is 2.11. The molecule has 0 radical (unpaired) electrons. The van der Waals surface area contributed by atoms with Crippen molar-refractivity contribution in [1.82, 2.24) is 16.0 Å².